The van der Waals surface area contributed by atoms with Gasteiger partial charge in [0.25, 0.3) is 0 Å². The van der Waals surface area contributed by atoms with E-state index in [0.717, 1.165) is 51.1 Å². The SMILES string of the molecule is CCOC(CCNC(=NC)NCc1cccc(N2CC=CC2)c1)C1CCCC1. The summed E-state index contributed by atoms with van der Waals surface area (Å²) in [5.41, 5.74) is 2.55. The summed E-state index contributed by atoms with van der Waals surface area (Å²) < 4.78 is 6.02. The average molecular weight is 385 g/mol. The van der Waals surface area contributed by atoms with Crippen LogP contribution < -0.4 is 15.5 Å². The molecule has 1 aliphatic heterocycles. The van der Waals surface area contributed by atoms with Crippen LogP contribution in [0.15, 0.2) is 41.4 Å². The molecule has 1 aromatic rings. The number of aliphatic imine (C=N–C) groups is 1. The van der Waals surface area contributed by atoms with Gasteiger partial charge in [-0.3, -0.25) is 4.99 Å². The van der Waals surface area contributed by atoms with Crippen molar-refractivity contribution in [3.8, 4) is 0 Å². The molecule has 1 saturated carbocycles. The van der Waals surface area contributed by atoms with E-state index >= 15 is 0 Å². The first kappa shape index (κ1) is 20.7. The van der Waals surface area contributed by atoms with Crippen molar-refractivity contribution in [3.05, 3.63) is 42.0 Å². The largest absolute Gasteiger partial charge is 0.378 e. The van der Waals surface area contributed by atoms with Gasteiger partial charge >= 0.3 is 0 Å². The molecule has 3 rings (SSSR count). The van der Waals surface area contributed by atoms with Crippen LogP contribution in [-0.2, 0) is 11.3 Å². The lowest BCUT2D eigenvalue weighted by Gasteiger charge is -2.24. The highest BCUT2D eigenvalue weighted by Gasteiger charge is 2.25. The van der Waals surface area contributed by atoms with Gasteiger partial charge in [-0.05, 0) is 49.8 Å². The minimum atomic E-state index is 0.379. The first-order chi connectivity index (χ1) is 13.8. The average Bonchev–Trinajstić information content (AvgIpc) is 3.44. The number of hydrogen-bond acceptors (Lipinski definition) is 3. The van der Waals surface area contributed by atoms with Gasteiger partial charge in [-0.2, -0.15) is 0 Å². The summed E-state index contributed by atoms with van der Waals surface area (Å²) in [5, 5.41) is 6.90. The molecule has 2 N–H and O–H groups in total. The maximum absolute atomic E-state index is 6.02. The Kier molecular flexibility index (Phi) is 8.22. The third-order valence-electron chi connectivity index (χ3n) is 5.81. The van der Waals surface area contributed by atoms with Crippen molar-refractivity contribution < 1.29 is 4.74 Å². The van der Waals surface area contributed by atoms with Gasteiger partial charge in [0.05, 0.1) is 6.10 Å². The molecular formula is C23H36N4O. The summed E-state index contributed by atoms with van der Waals surface area (Å²) in [6.07, 6.45) is 11.2. The molecule has 1 fully saturated rings. The number of nitrogens with zero attached hydrogens (tertiary/aromatic N) is 2. The molecule has 0 amide bonds. The third kappa shape index (κ3) is 5.99. The monoisotopic (exact) mass is 384 g/mol. The molecule has 1 aliphatic carbocycles. The van der Waals surface area contributed by atoms with Crippen molar-refractivity contribution in [3.63, 3.8) is 0 Å². The molecule has 1 unspecified atom stereocenters. The van der Waals surface area contributed by atoms with E-state index in [1.165, 1.54) is 36.9 Å². The summed E-state index contributed by atoms with van der Waals surface area (Å²) in [5.74, 6) is 1.59. The molecule has 0 spiro atoms. The van der Waals surface area contributed by atoms with E-state index in [9.17, 15) is 0 Å². The maximum Gasteiger partial charge on any atom is 0.191 e. The lowest BCUT2D eigenvalue weighted by atomic mass is 9.98. The van der Waals surface area contributed by atoms with E-state index in [4.69, 9.17) is 4.74 Å². The minimum absolute atomic E-state index is 0.379. The fourth-order valence-electron chi connectivity index (χ4n) is 4.29. The summed E-state index contributed by atoms with van der Waals surface area (Å²) in [7, 11) is 1.83. The quantitative estimate of drug-likeness (QED) is 0.387. The van der Waals surface area contributed by atoms with Crippen LogP contribution in [0.5, 0.6) is 0 Å². The Labute approximate surface area is 170 Å². The topological polar surface area (TPSA) is 48.9 Å². The van der Waals surface area contributed by atoms with Crippen molar-refractivity contribution in [1.82, 2.24) is 10.6 Å². The predicted molar refractivity (Wildman–Crippen MR) is 118 cm³/mol. The van der Waals surface area contributed by atoms with Crippen molar-refractivity contribution in [1.29, 1.82) is 0 Å². The second-order valence-corrected chi connectivity index (χ2v) is 7.73. The number of nitrogens with one attached hydrogen (secondary N) is 2. The van der Waals surface area contributed by atoms with Gasteiger partial charge < -0.3 is 20.3 Å². The fourth-order valence-corrected chi connectivity index (χ4v) is 4.29. The molecule has 0 saturated heterocycles. The zero-order chi connectivity index (χ0) is 19.6. The van der Waals surface area contributed by atoms with E-state index in [1.807, 2.05) is 7.05 Å². The van der Waals surface area contributed by atoms with Crippen molar-refractivity contribution >= 4 is 11.6 Å². The Morgan fingerprint density at radius 2 is 2.00 bits per heavy atom. The molecule has 5 nitrogen and oxygen atoms in total. The van der Waals surface area contributed by atoms with Crippen LogP contribution in [0, 0.1) is 5.92 Å². The highest BCUT2D eigenvalue weighted by molar-refractivity contribution is 5.79. The van der Waals surface area contributed by atoms with Gasteiger partial charge in [0.2, 0.25) is 0 Å². The normalized spacial score (nSPS) is 18.6. The van der Waals surface area contributed by atoms with Crippen LogP contribution in [0.1, 0.15) is 44.6 Å². The second kappa shape index (κ2) is 11.1. The van der Waals surface area contributed by atoms with Crippen LogP contribution in [0.3, 0.4) is 0 Å². The molecule has 28 heavy (non-hydrogen) atoms. The van der Waals surface area contributed by atoms with Gasteiger partial charge in [0.15, 0.2) is 5.96 Å². The van der Waals surface area contributed by atoms with E-state index < -0.39 is 0 Å². The molecule has 1 aromatic carbocycles. The lowest BCUT2D eigenvalue weighted by Crippen LogP contribution is -2.39. The Morgan fingerprint density at radius 1 is 1.21 bits per heavy atom. The fraction of sp³-hybridized carbons (Fsp3) is 0.609. The Hall–Kier alpha value is -2.01. The highest BCUT2D eigenvalue weighted by Crippen LogP contribution is 2.30. The van der Waals surface area contributed by atoms with Crippen LogP contribution >= 0.6 is 0 Å². The van der Waals surface area contributed by atoms with Gasteiger partial charge in [-0.1, -0.05) is 37.1 Å². The summed E-state index contributed by atoms with van der Waals surface area (Å²) in [6.45, 7) is 6.57. The van der Waals surface area contributed by atoms with Gasteiger partial charge in [0.1, 0.15) is 0 Å². The molecule has 5 heteroatoms. The third-order valence-corrected chi connectivity index (χ3v) is 5.81. The summed E-state index contributed by atoms with van der Waals surface area (Å²) in [4.78, 5) is 6.75. The predicted octanol–water partition coefficient (Wildman–Crippen LogP) is 3.71. The zero-order valence-corrected chi connectivity index (χ0v) is 17.5. The van der Waals surface area contributed by atoms with Gasteiger partial charge in [-0.25, -0.2) is 0 Å². The molecule has 1 heterocycles. The smallest absolute Gasteiger partial charge is 0.191 e. The number of guanidine groups is 1. The number of benzene rings is 1. The molecule has 0 radical (unpaired) electrons. The van der Waals surface area contributed by atoms with E-state index in [-0.39, 0.29) is 0 Å². The standard InChI is InChI=1S/C23H36N4O/c1-3-28-22(20-10-4-5-11-20)13-14-25-23(24-2)26-18-19-9-8-12-21(17-19)27-15-6-7-16-27/h6-9,12,17,20,22H,3-5,10-11,13-16,18H2,1-2H3,(H2,24,25,26). The van der Waals surface area contributed by atoms with Crippen LogP contribution in [0.25, 0.3) is 0 Å². The van der Waals surface area contributed by atoms with Crippen molar-refractivity contribution in [2.24, 2.45) is 10.9 Å². The van der Waals surface area contributed by atoms with Gasteiger partial charge in [0, 0.05) is 45.5 Å². The van der Waals surface area contributed by atoms with Gasteiger partial charge in [-0.15, -0.1) is 0 Å². The maximum atomic E-state index is 6.02. The van der Waals surface area contributed by atoms with Crippen LogP contribution in [0.2, 0.25) is 0 Å². The van der Waals surface area contributed by atoms with E-state index in [2.05, 4.69) is 63.9 Å². The lowest BCUT2D eigenvalue weighted by molar-refractivity contribution is 0.0169. The van der Waals surface area contributed by atoms with Crippen LogP contribution in [0.4, 0.5) is 5.69 Å². The van der Waals surface area contributed by atoms with E-state index in [0.29, 0.717) is 6.10 Å². The van der Waals surface area contributed by atoms with Crippen molar-refractivity contribution in [2.75, 3.05) is 38.2 Å². The van der Waals surface area contributed by atoms with Crippen molar-refractivity contribution in [2.45, 2.75) is 51.7 Å². The number of hydrogen-bond donors (Lipinski definition) is 2. The minimum Gasteiger partial charge on any atom is -0.378 e. The number of ether oxygens (including phenoxy) is 1. The summed E-state index contributed by atoms with van der Waals surface area (Å²) in [6, 6.07) is 8.74. The first-order valence-electron chi connectivity index (χ1n) is 10.8. The molecule has 1 atom stereocenters. The number of anilines is 1. The van der Waals surface area contributed by atoms with E-state index in [1.54, 1.807) is 0 Å². The van der Waals surface area contributed by atoms with Crippen LogP contribution in [-0.4, -0.2) is 45.4 Å². The number of rotatable bonds is 9. The Morgan fingerprint density at radius 3 is 2.71 bits per heavy atom. The highest BCUT2D eigenvalue weighted by atomic mass is 16.5. The second-order valence-electron chi connectivity index (χ2n) is 7.73. The Bertz CT molecular complexity index is 644. The first-order valence-corrected chi connectivity index (χ1v) is 10.8. The molecular weight excluding hydrogens is 348 g/mol. The molecule has 2 aliphatic rings. The zero-order valence-electron chi connectivity index (χ0n) is 17.5. The molecule has 0 bridgehead atoms. The Balaban J connectivity index is 1.43. The summed E-state index contributed by atoms with van der Waals surface area (Å²) >= 11 is 0. The molecule has 154 valence electrons. The molecule has 0 aromatic heterocycles.